The second kappa shape index (κ2) is 9.38. The van der Waals surface area contributed by atoms with Gasteiger partial charge in [-0.15, -0.1) is 0 Å². The number of rotatable bonds is 7. The fourth-order valence-corrected chi connectivity index (χ4v) is 3.69. The molecular formula is C21H21N3O4S. The molecule has 0 unspecified atom stereocenters. The molecule has 1 heterocycles. The molecule has 0 fully saturated rings. The fourth-order valence-electron chi connectivity index (χ4n) is 2.99. The van der Waals surface area contributed by atoms with Crippen molar-refractivity contribution in [1.29, 1.82) is 0 Å². The number of aromatic nitrogens is 2. The van der Waals surface area contributed by atoms with E-state index in [1.165, 1.54) is 13.2 Å². The predicted octanol–water partition coefficient (Wildman–Crippen LogP) is 2.61. The highest BCUT2D eigenvalue weighted by atomic mass is 32.2. The van der Waals surface area contributed by atoms with E-state index in [-0.39, 0.29) is 34.8 Å². The number of benzene rings is 2. The zero-order valence-electron chi connectivity index (χ0n) is 16.1. The smallest absolute Gasteiger partial charge is 0.311 e. The third-order valence-corrected chi connectivity index (χ3v) is 5.21. The van der Waals surface area contributed by atoms with Gasteiger partial charge in [0.15, 0.2) is 5.16 Å². The Morgan fingerprint density at radius 3 is 2.76 bits per heavy atom. The number of ether oxygens (including phenoxy) is 1. The van der Waals surface area contributed by atoms with Crippen LogP contribution >= 0.6 is 11.8 Å². The molecule has 0 bridgehead atoms. The van der Waals surface area contributed by atoms with Gasteiger partial charge in [0.2, 0.25) is 5.91 Å². The van der Waals surface area contributed by atoms with Crippen LogP contribution in [-0.4, -0.2) is 34.7 Å². The average molecular weight is 411 g/mol. The van der Waals surface area contributed by atoms with Crippen LogP contribution < -0.4 is 10.9 Å². The summed E-state index contributed by atoms with van der Waals surface area (Å²) in [6, 6.07) is 15.1. The zero-order chi connectivity index (χ0) is 20.8. The van der Waals surface area contributed by atoms with Gasteiger partial charge in [-0.1, -0.05) is 54.2 Å². The first-order valence-electron chi connectivity index (χ1n) is 9.03. The number of nitrogens with zero attached hydrogens (tertiary/aromatic N) is 1. The average Bonchev–Trinajstić information content (AvgIpc) is 2.71. The number of H-pyrrole nitrogens is 1. The Balaban J connectivity index is 1.64. The van der Waals surface area contributed by atoms with Crippen molar-refractivity contribution in [2.24, 2.45) is 0 Å². The number of amides is 1. The van der Waals surface area contributed by atoms with Crippen molar-refractivity contribution in [1.82, 2.24) is 15.3 Å². The summed E-state index contributed by atoms with van der Waals surface area (Å²) in [6.45, 7) is 1.93. The minimum atomic E-state index is -0.485. The number of carbonyl (C=O) groups is 2. The summed E-state index contributed by atoms with van der Waals surface area (Å²) in [7, 11) is 1.27. The molecule has 0 aliphatic carbocycles. The number of carbonyl (C=O) groups excluding carboxylic acids is 2. The fraction of sp³-hybridized carbons (Fsp3) is 0.238. The van der Waals surface area contributed by atoms with Crippen molar-refractivity contribution in [2.75, 3.05) is 12.9 Å². The van der Waals surface area contributed by atoms with Gasteiger partial charge in [0.05, 0.1) is 31.0 Å². The van der Waals surface area contributed by atoms with E-state index >= 15 is 0 Å². The van der Waals surface area contributed by atoms with E-state index in [9.17, 15) is 14.4 Å². The number of hydrogen-bond acceptors (Lipinski definition) is 6. The van der Waals surface area contributed by atoms with Crippen molar-refractivity contribution in [2.45, 2.75) is 24.5 Å². The van der Waals surface area contributed by atoms with Crippen LogP contribution in [0.4, 0.5) is 0 Å². The predicted molar refractivity (Wildman–Crippen MR) is 112 cm³/mol. The van der Waals surface area contributed by atoms with E-state index in [1.807, 2.05) is 49.4 Å². The second-order valence-electron chi connectivity index (χ2n) is 6.44. The maximum atomic E-state index is 12.4. The Kier molecular flexibility index (Phi) is 6.66. The maximum absolute atomic E-state index is 12.4. The molecule has 0 aliphatic rings. The molecular weight excluding hydrogens is 390 g/mol. The highest BCUT2D eigenvalue weighted by Gasteiger charge is 2.14. The molecule has 1 atom stereocenters. The first kappa shape index (κ1) is 20.6. The molecule has 3 aromatic rings. The molecule has 0 saturated carbocycles. The normalized spacial score (nSPS) is 11.8. The van der Waals surface area contributed by atoms with Gasteiger partial charge in [0, 0.05) is 6.07 Å². The van der Waals surface area contributed by atoms with Gasteiger partial charge in [-0.25, -0.2) is 4.98 Å². The first-order chi connectivity index (χ1) is 14.0. The molecule has 1 aromatic heterocycles. The Hall–Kier alpha value is -3.13. The van der Waals surface area contributed by atoms with Crippen LogP contribution in [0, 0.1) is 0 Å². The summed E-state index contributed by atoms with van der Waals surface area (Å²) in [4.78, 5) is 42.3. The number of methoxy groups -OCH3 is 1. The lowest BCUT2D eigenvalue weighted by Gasteiger charge is -2.16. The van der Waals surface area contributed by atoms with Gasteiger partial charge in [-0.05, 0) is 23.3 Å². The van der Waals surface area contributed by atoms with E-state index in [2.05, 4.69) is 20.0 Å². The first-order valence-corrected chi connectivity index (χ1v) is 10.0. The summed E-state index contributed by atoms with van der Waals surface area (Å²) >= 11 is 1.10. The van der Waals surface area contributed by atoms with E-state index in [4.69, 9.17) is 0 Å². The number of aromatic amines is 1. The lowest BCUT2D eigenvalue weighted by Crippen LogP contribution is -2.28. The van der Waals surface area contributed by atoms with Crippen LogP contribution in [0.5, 0.6) is 0 Å². The molecule has 0 spiro atoms. The molecule has 2 N–H and O–H groups in total. The molecule has 8 heteroatoms. The summed E-state index contributed by atoms with van der Waals surface area (Å²) in [6.07, 6.45) is -0.0989. The summed E-state index contributed by atoms with van der Waals surface area (Å²) in [5, 5.41) is 5.47. The van der Waals surface area contributed by atoms with Gasteiger partial charge in [0.25, 0.3) is 5.56 Å². The monoisotopic (exact) mass is 411 g/mol. The van der Waals surface area contributed by atoms with Crippen molar-refractivity contribution in [3.05, 3.63) is 70.1 Å². The van der Waals surface area contributed by atoms with Crippen molar-refractivity contribution in [3.63, 3.8) is 0 Å². The molecule has 1 amide bonds. The minimum Gasteiger partial charge on any atom is -0.469 e. The molecule has 0 aliphatic heterocycles. The molecule has 7 nitrogen and oxygen atoms in total. The Labute approximate surface area is 171 Å². The molecule has 150 valence electrons. The summed E-state index contributed by atoms with van der Waals surface area (Å²) in [5.41, 5.74) is 0.951. The Morgan fingerprint density at radius 1 is 1.21 bits per heavy atom. The van der Waals surface area contributed by atoms with Gasteiger partial charge >= 0.3 is 5.97 Å². The minimum absolute atomic E-state index is 0.0831. The number of esters is 1. The quantitative estimate of drug-likeness (QED) is 0.352. The number of hydrogen-bond donors (Lipinski definition) is 2. The molecule has 0 radical (unpaired) electrons. The van der Waals surface area contributed by atoms with E-state index < -0.39 is 5.97 Å². The van der Waals surface area contributed by atoms with Crippen molar-refractivity contribution in [3.8, 4) is 0 Å². The molecule has 3 rings (SSSR count). The highest BCUT2D eigenvalue weighted by molar-refractivity contribution is 7.99. The molecule has 29 heavy (non-hydrogen) atoms. The van der Waals surface area contributed by atoms with Gasteiger partial charge < -0.3 is 15.0 Å². The highest BCUT2D eigenvalue weighted by Crippen LogP contribution is 2.24. The van der Waals surface area contributed by atoms with E-state index in [0.717, 1.165) is 28.1 Å². The Bertz CT molecular complexity index is 1090. The zero-order valence-corrected chi connectivity index (χ0v) is 16.9. The number of fused-ring (bicyclic) bond motifs is 1. The largest absolute Gasteiger partial charge is 0.469 e. The third kappa shape index (κ3) is 5.45. The van der Waals surface area contributed by atoms with Gasteiger partial charge in [0.1, 0.15) is 0 Å². The van der Waals surface area contributed by atoms with Crippen molar-refractivity contribution < 1.29 is 14.3 Å². The second-order valence-corrected chi connectivity index (χ2v) is 7.41. The van der Waals surface area contributed by atoms with Gasteiger partial charge in [-0.2, -0.15) is 0 Å². The van der Waals surface area contributed by atoms with E-state index in [1.54, 1.807) is 0 Å². The van der Waals surface area contributed by atoms with Crippen molar-refractivity contribution >= 4 is 34.4 Å². The van der Waals surface area contributed by atoms with Crippen LogP contribution in [0.3, 0.4) is 0 Å². The Morgan fingerprint density at radius 2 is 1.97 bits per heavy atom. The maximum Gasteiger partial charge on any atom is 0.311 e. The molecule has 0 saturated heterocycles. The van der Waals surface area contributed by atoms with Crippen LogP contribution in [0.25, 0.3) is 10.8 Å². The number of nitrogens with one attached hydrogen (secondary N) is 2. The van der Waals surface area contributed by atoms with Gasteiger partial charge in [-0.3, -0.25) is 14.4 Å². The lowest BCUT2D eigenvalue weighted by molar-refractivity contribution is -0.139. The number of thioether (sulfide) groups is 1. The van der Waals surface area contributed by atoms with Crippen LogP contribution in [0.1, 0.15) is 24.2 Å². The molecule has 2 aromatic carbocycles. The van der Waals surface area contributed by atoms with Crippen LogP contribution in [0.15, 0.2) is 58.5 Å². The summed E-state index contributed by atoms with van der Waals surface area (Å²) < 4.78 is 4.59. The standard InChI is InChI=1S/C21H21N3O4S/c1-13(16-9-5-7-14-6-3-4-8-17(14)16)22-19(26)12-29-21-23-15(10-18(25)24-21)11-20(27)28-2/h3-10,13H,11-12H2,1-2H3,(H,22,26)(H,23,24,25)/t13-/m1/s1. The SMILES string of the molecule is COC(=O)Cc1cc(=O)[nH]c(SCC(=O)N[C@H](C)c2cccc3ccccc23)n1. The van der Waals surface area contributed by atoms with Crippen LogP contribution in [-0.2, 0) is 20.7 Å². The topological polar surface area (TPSA) is 101 Å². The lowest BCUT2D eigenvalue weighted by atomic mass is 10.00. The van der Waals surface area contributed by atoms with E-state index in [0.29, 0.717) is 5.69 Å². The third-order valence-electron chi connectivity index (χ3n) is 4.33. The van der Waals surface area contributed by atoms with Crippen LogP contribution in [0.2, 0.25) is 0 Å². The summed E-state index contributed by atoms with van der Waals surface area (Å²) in [5.74, 6) is -0.586.